The number of carbonyl (C=O) groups excluding carboxylic acids is 1. The predicted molar refractivity (Wildman–Crippen MR) is 116 cm³/mol. The third-order valence-electron chi connectivity index (χ3n) is 5.09. The Morgan fingerprint density at radius 3 is 2.23 bits per heavy atom. The Hall–Kier alpha value is -3.75. The largest absolute Gasteiger partial charge is 0.507 e. The molecule has 0 aliphatic carbocycles. The summed E-state index contributed by atoms with van der Waals surface area (Å²) in [6, 6.07) is 6.92. The van der Waals surface area contributed by atoms with E-state index in [4.69, 9.17) is 17.2 Å². The van der Waals surface area contributed by atoms with Crippen molar-refractivity contribution in [3.8, 4) is 5.75 Å². The third kappa shape index (κ3) is 4.29. The number of carbonyl (C=O) groups is 1. The molecule has 1 fully saturated rings. The fraction of sp³-hybridized carbons (Fsp3) is 0.286. The van der Waals surface area contributed by atoms with Gasteiger partial charge in [-0.15, -0.1) is 0 Å². The minimum absolute atomic E-state index is 0.0462. The highest BCUT2D eigenvalue weighted by atomic mass is 16.3. The summed E-state index contributed by atoms with van der Waals surface area (Å²) < 4.78 is 0. The van der Waals surface area contributed by atoms with Crippen LogP contribution in [0.1, 0.15) is 29.8 Å². The van der Waals surface area contributed by atoms with Crippen molar-refractivity contribution in [1.29, 1.82) is 0 Å². The van der Waals surface area contributed by atoms with E-state index in [0.717, 1.165) is 6.29 Å². The van der Waals surface area contributed by atoms with Crippen LogP contribution in [-0.4, -0.2) is 51.4 Å². The molecule has 158 valence electrons. The SMILES string of the molecule is CC1CN(C(/C=C(\N)c2ccccc2O)=C(N)N)CC(C)N1c1ncc(C=O)cn1. The summed E-state index contributed by atoms with van der Waals surface area (Å²) in [6.45, 7) is 5.34. The summed E-state index contributed by atoms with van der Waals surface area (Å²) in [6.07, 6.45) is 5.44. The summed E-state index contributed by atoms with van der Waals surface area (Å²) in [7, 11) is 0. The molecule has 2 atom stereocenters. The first-order valence-electron chi connectivity index (χ1n) is 9.63. The summed E-state index contributed by atoms with van der Waals surface area (Å²) in [5.74, 6) is 0.798. The van der Waals surface area contributed by atoms with Crippen molar-refractivity contribution in [3.63, 3.8) is 0 Å². The van der Waals surface area contributed by atoms with Crippen LogP contribution in [0.15, 0.2) is 54.3 Å². The molecule has 1 saturated heterocycles. The summed E-state index contributed by atoms with van der Waals surface area (Å²) in [5.41, 5.74) is 20.1. The van der Waals surface area contributed by atoms with Crippen molar-refractivity contribution in [2.75, 3.05) is 18.0 Å². The van der Waals surface area contributed by atoms with Crippen LogP contribution in [0, 0.1) is 0 Å². The number of hydrogen-bond donors (Lipinski definition) is 4. The van der Waals surface area contributed by atoms with Gasteiger partial charge in [0.1, 0.15) is 11.6 Å². The lowest BCUT2D eigenvalue weighted by molar-refractivity contribution is 0.112. The molecular weight excluding hydrogens is 382 g/mol. The van der Waals surface area contributed by atoms with Crippen LogP contribution in [0.2, 0.25) is 0 Å². The quantitative estimate of drug-likeness (QED) is 0.419. The van der Waals surface area contributed by atoms with Gasteiger partial charge in [-0.25, -0.2) is 9.97 Å². The molecule has 0 radical (unpaired) electrons. The van der Waals surface area contributed by atoms with E-state index < -0.39 is 0 Å². The van der Waals surface area contributed by atoms with E-state index in [9.17, 15) is 9.90 Å². The Morgan fingerprint density at radius 2 is 1.70 bits per heavy atom. The zero-order valence-corrected chi connectivity index (χ0v) is 17.1. The van der Waals surface area contributed by atoms with Crippen LogP contribution in [0.25, 0.3) is 5.70 Å². The van der Waals surface area contributed by atoms with Crippen LogP contribution >= 0.6 is 0 Å². The standard InChI is InChI=1S/C21H27N7O2/c1-13-10-27(11-14(2)28(13)21-25-8-15(12-29)9-26-21)18(20(23)24)7-17(22)16-5-3-4-6-19(16)30/h3-9,12-14,30H,10-11,22-24H2,1-2H3/b17-7-. The summed E-state index contributed by atoms with van der Waals surface area (Å²) in [4.78, 5) is 23.7. The second-order valence-electron chi connectivity index (χ2n) is 7.40. The average Bonchev–Trinajstić information content (AvgIpc) is 2.72. The zero-order valence-electron chi connectivity index (χ0n) is 17.1. The minimum Gasteiger partial charge on any atom is -0.507 e. The van der Waals surface area contributed by atoms with Crippen LogP contribution in [0.4, 0.5) is 5.95 Å². The van der Waals surface area contributed by atoms with Crippen molar-refractivity contribution in [1.82, 2.24) is 14.9 Å². The first kappa shape index (κ1) is 21.0. The number of allylic oxidation sites excluding steroid dienone is 1. The fourth-order valence-electron chi connectivity index (χ4n) is 3.74. The normalized spacial score (nSPS) is 19.5. The Morgan fingerprint density at radius 1 is 1.10 bits per heavy atom. The second kappa shape index (κ2) is 8.73. The Bertz CT molecular complexity index is 956. The number of nitrogens with zero attached hydrogens (tertiary/aromatic N) is 4. The molecule has 9 heteroatoms. The van der Waals surface area contributed by atoms with Gasteiger partial charge in [0.2, 0.25) is 5.95 Å². The van der Waals surface area contributed by atoms with Gasteiger partial charge in [0.25, 0.3) is 0 Å². The van der Waals surface area contributed by atoms with Crippen LogP contribution in [-0.2, 0) is 0 Å². The van der Waals surface area contributed by atoms with Gasteiger partial charge >= 0.3 is 0 Å². The molecule has 0 bridgehead atoms. The highest BCUT2D eigenvalue weighted by molar-refractivity contribution is 5.73. The minimum atomic E-state index is 0.0462. The molecule has 0 spiro atoms. The molecule has 1 aromatic carbocycles. The topological polar surface area (TPSA) is 148 Å². The van der Waals surface area contributed by atoms with Gasteiger partial charge in [-0.1, -0.05) is 12.1 Å². The number of phenols is 1. The number of aldehydes is 1. The molecule has 1 aliphatic heterocycles. The van der Waals surface area contributed by atoms with Crippen LogP contribution in [0.3, 0.4) is 0 Å². The number of benzene rings is 1. The van der Waals surface area contributed by atoms with Crippen LogP contribution < -0.4 is 22.1 Å². The van der Waals surface area contributed by atoms with E-state index >= 15 is 0 Å². The number of rotatable bonds is 5. The Labute approximate surface area is 175 Å². The molecule has 2 aromatic rings. The zero-order chi connectivity index (χ0) is 21.8. The molecule has 1 aliphatic rings. The van der Waals surface area contributed by atoms with Gasteiger partial charge in [-0.05, 0) is 32.1 Å². The molecule has 7 N–H and O–H groups in total. The lowest BCUT2D eigenvalue weighted by atomic mass is 10.1. The van der Waals surface area contributed by atoms with Crippen molar-refractivity contribution >= 4 is 17.9 Å². The summed E-state index contributed by atoms with van der Waals surface area (Å²) >= 11 is 0. The second-order valence-corrected chi connectivity index (χ2v) is 7.40. The lowest BCUT2D eigenvalue weighted by Gasteiger charge is -2.45. The lowest BCUT2D eigenvalue weighted by Crippen LogP contribution is -2.57. The molecule has 3 rings (SSSR count). The summed E-state index contributed by atoms with van der Waals surface area (Å²) in [5, 5.41) is 10.1. The van der Waals surface area contributed by atoms with Crippen molar-refractivity contribution in [3.05, 3.63) is 65.4 Å². The van der Waals surface area contributed by atoms with Gasteiger partial charge in [0.15, 0.2) is 6.29 Å². The van der Waals surface area contributed by atoms with Gasteiger partial charge in [0, 0.05) is 48.8 Å². The number of piperazine rings is 1. The first-order valence-corrected chi connectivity index (χ1v) is 9.63. The number of para-hydroxylation sites is 1. The van der Waals surface area contributed by atoms with E-state index in [2.05, 4.69) is 33.6 Å². The molecular formula is C21H27N7O2. The van der Waals surface area contributed by atoms with Gasteiger partial charge in [-0.3, -0.25) is 4.79 Å². The molecule has 0 amide bonds. The van der Waals surface area contributed by atoms with Crippen LogP contribution in [0.5, 0.6) is 5.75 Å². The highest BCUT2D eigenvalue weighted by Crippen LogP contribution is 2.27. The average molecular weight is 409 g/mol. The maximum atomic E-state index is 10.9. The third-order valence-corrected chi connectivity index (χ3v) is 5.09. The Balaban J connectivity index is 1.85. The van der Waals surface area contributed by atoms with E-state index in [1.54, 1.807) is 30.3 Å². The van der Waals surface area contributed by atoms with E-state index in [-0.39, 0.29) is 23.7 Å². The number of aromatic hydroxyl groups is 1. The molecule has 9 nitrogen and oxygen atoms in total. The molecule has 1 aromatic heterocycles. The number of anilines is 1. The van der Waals surface area contributed by atoms with E-state index in [1.807, 2.05) is 0 Å². The highest BCUT2D eigenvalue weighted by Gasteiger charge is 2.32. The number of hydrogen-bond acceptors (Lipinski definition) is 9. The maximum absolute atomic E-state index is 10.9. The van der Waals surface area contributed by atoms with E-state index in [1.165, 1.54) is 12.4 Å². The predicted octanol–water partition coefficient (Wildman–Crippen LogP) is 0.980. The van der Waals surface area contributed by atoms with Gasteiger partial charge < -0.3 is 32.1 Å². The van der Waals surface area contributed by atoms with Gasteiger partial charge in [-0.2, -0.15) is 0 Å². The van der Waals surface area contributed by atoms with Crippen molar-refractivity contribution in [2.24, 2.45) is 17.2 Å². The van der Waals surface area contributed by atoms with Crippen molar-refractivity contribution in [2.45, 2.75) is 25.9 Å². The Kier molecular flexibility index (Phi) is 6.10. The number of aromatic nitrogens is 2. The smallest absolute Gasteiger partial charge is 0.225 e. The first-order chi connectivity index (χ1) is 14.3. The molecule has 2 heterocycles. The molecule has 2 unspecified atom stereocenters. The molecule has 30 heavy (non-hydrogen) atoms. The van der Waals surface area contributed by atoms with Gasteiger partial charge in [0.05, 0.1) is 11.3 Å². The number of nitrogens with two attached hydrogens (primary N) is 3. The molecule has 0 saturated carbocycles. The maximum Gasteiger partial charge on any atom is 0.225 e. The van der Waals surface area contributed by atoms with E-state index in [0.29, 0.717) is 41.6 Å². The van der Waals surface area contributed by atoms with Crippen molar-refractivity contribution < 1.29 is 9.90 Å². The fourth-order valence-corrected chi connectivity index (χ4v) is 3.74. The monoisotopic (exact) mass is 409 g/mol. The number of phenolic OH excluding ortho intramolecular Hbond substituents is 1.